The summed E-state index contributed by atoms with van der Waals surface area (Å²) in [5, 5.41) is 1.68. The minimum absolute atomic E-state index is 0.253. The summed E-state index contributed by atoms with van der Waals surface area (Å²) in [5.41, 5.74) is 2.16. The van der Waals surface area contributed by atoms with Crippen molar-refractivity contribution < 1.29 is 9.59 Å². The first-order chi connectivity index (χ1) is 9.02. The predicted octanol–water partition coefficient (Wildman–Crippen LogP) is 3.57. The second-order valence-electron chi connectivity index (χ2n) is 4.23. The number of anilines is 1. The molecule has 0 spiro atoms. The molecule has 19 heavy (non-hydrogen) atoms. The topological polar surface area (TPSA) is 40.6 Å². The number of carbonyl (C=O) groups excluding carboxylic acids is 2. The summed E-state index contributed by atoms with van der Waals surface area (Å²) in [5.74, 6) is -0.506. The highest BCUT2D eigenvalue weighted by Crippen LogP contribution is 2.37. The number of hydrogen-bond acceptors (Lipinski definition) is 3. The molecule has 0 aromatic heterocycles. The highest BCUT2D eigenvalue weighted by Gasteiger charge is 2.32. The Balaban J connectivity index is 2.47. The van der Waals surface area contributed by atoms with Gasteiger partial charge in [-0.05, 0) is 18.2 Å². The fraction of sp³-hybridized carbons (Fsp3) is 0.0769. The standard InChI is InChI=1S/C13H8I2N2O2/c1-16(14)10-6-5-9-11-7(10)3-2-4-8(11)12(18)17(15)13(9)19/h2-6H,1H3. The Labute approximate surface area is 137 Å². The van der Waals surface area contributed by atoms with Crippen molar-refractivity contribution in [2.75, 3.05) is 10.2 Å². The van der Waals surface area contributed by atoms with Crippen molar-refractivity contribution in [3.8, 4) is 0 Å². The number of hydrogen-bond donors (Lipinski definition) is 0. The van der Waals surface area contributed by atoms with Gasteiger partial charge in [-0.1, -0.05) is 12.1 Å². The van der Waals surface area contributed by atoms with Gasteiger partial charge in [-0.25, -0.2) is 3.11 Å². The van der Waals surface area contributed by atoms with E-state index in [1.54, 1.807) is 35.0 Å². The van der Waals surface area contributed by atoms with Crippen LogP contribution in [0.15, 0.2) is 30.3 Å². The van der Waals surface area contributed by atoms with Gasteiger partial charge in [0.15, 0.2) is 0 Å². The lowest BCUT2D eigenvalue weighted by atomic mass is 9.94. The van der Waals surface area contributed by atoms with E-state index < -0.39 is 0 Å². The van der Waals surface area contributed by atoms with Gasteiger partial charge in [0.1, 0.15) is 0 Å². The molecular weight excluding hydrogens is 470 g/mol. The normalized spacial score (nSPS) is 14.2. The van der Waals surface area contributed by atoms with Gasteiger partial charge < -0.3 is 3.11 Å². The number of rotatable bonds is 1. The second kappa shape index (κ2) is 4.58. The van der Waals surface area contributed by atoms with E-state index in [-0.39, 0.29) is 11.8 Å². The van der Waals surface area contributed by atoms with Crippen LogP contribution >= 0.6 is 45.7 Å². The Morgan fingerprint density at radius 1 is 1.05 bits per heavy atom. The van der Waals surface area contributed by atoms with Crippen LogP contribution in [0.1, 0.15) is 20.7 Å². The SMILES string of the molecule is CN(I)c1ccc2c3c(cccc13)C(=O)N(I)C2=O. The van der Waals surface area contributed by atoms with E-state index in [1.807, 2.05) is 28.4 Å². The van der Waals surface area contributed by atoms with E-state index in [9.17, 15) is 9.59 Å². The zero-order chi connectivity index (χ0) is 13.7. The molecule has 4 nitrogen and oxygen atoms in total. The van der Waals surface area contributed by atoms with E-state index in [4.69, 9.17) is 0 Å². The van der Waals surface area contributed by atoms with Crippen LogP contribution in [0, 0.1) is 0 Å². The van der Waals surface area contributed by atoms with Gasteiger partial charge in [0, 0.05) is 28.9 Å². The molecule has 0 saturated heterocycles. The molecule has 0 unspecified atom stereocenters. The molecule has 0 N–H and O–H groups in total. The molecule has 96 valence electrons. The number of halogens is 2. The smallest absolute Gasteiger partial charge is 0.270 e. The van der Waals surface area contributed by atoms with Gasteiger partial charge in [-0.3, -0.25) is 9.59 Å². The summed E-state index contributed by atoms with van der Waals surface area (Å²) in [7, 11) is 1.93. The minimum Gasteiger partial charge on any atom is -0.317 e. The monoisotopic (exact) mass is 478 g/mol. The zero-order valence-electron chi connectivity index (χ0n) is 9.85. The maximum Gasteiger partial charge on any atom is 0.270 e. The van der Waals surface area contributed by atoms with Crippen molar-refractivity contribution in [1.82, 2.24) is 3.11 Å². The highest BCUT2D eigenvalue weighted by atomic mass is 127. The molecule has 3 rings (SSSR count). The molecule has 1 aliphatic rings. The third-order valence-electron chi connectivity index (χ3n) is 3.17. The lowest BCUT2D eigenvalue weighted by molar-refractivity contribution is 0.0758. The highest BCUT2D eigenvalue weighted by molar-refractivity contribution is 14.1. The maximum absolute atomic E-state index is 12.2. The third-order valence-corrected chi connectivity index (χ3v) is 4.56. The molecule has 0 radical (unpaired) electrons. The fourth-order valence-corrected chi connectivity index (χ4v) is 3.26. The number of imide groups is 1. The van der Waals surface area contributed by atoms with Crippen LogP contribution in [0.3, 0.4) is 0 Å². The summed E-state index contributed by atoms with van der Waals surface area (Å²) in [6, 6.07) is 9.26. The van der Waals surface area contributed by atoms with E-state index in [1.165, 1.54) is 0 Å². The minimum atomic E-state index is -0.253. The van der Waals surface area contributed by atoms with Gasteiger partial charge in [-0.2, -0.15) is 0 Å². The first kappa shape index (κ1) is 13.1. The summed E-state index contributed by atoms with van der Waals surface area (Å²) in [6.45, 7) is 0. The van der Waals surface area contributed by atoms with Crippen LogP contribution in [0.2, 0.25) is 0 Å². The van der Waals surface area contributed by atoms with Gasteiger partial charge in [0.05, 0.1) is 51.4 Å². The Hall–Kier alpha value is -0.900. The molecule has 0 fully saturated rings. The maximum atomic E-state index is 12.2. The first-order valence-corrected chi connectivity index (χ1v) is 7.45. The summed E-state index contributed by atoms with van der Waals surface area (Å²) >= 11 is 3.94. The van der Waals surface area contributed by atoms with Crippen molar-refractivity contribution in [2.45, 2.75) is 0 Å². The van der Waals surface area contributed by atoms with Crippen LogP contribution in [-0.4, -0.2) is 22.0 Å². The second-order valence-corrected chi connectivity index (χ2v) is 6.64. The largest absolute Gasteiger partial charge is 0.317 e. The van der Waals surface area contributed by atoms with Gasteiger partial charge >= 0.3 is 0 Å². The van der Waals surface area contributed by atoms with E-state index in [0.717, 1.165) is 19.6 Å². The number of amides is 2. The Morgan fingerprint density at radius 3 is 2.32 bits per heavy atom. The van der Waals surface area contributed by atoms with Gasteiger partial charge in [0.25, 0.3) is 11.8 Å². The van der Waals surface area contributed by atoms with Crippen molar-refractivity contribution in [3.05, 3.63) is 41.5 Å². The first-order valence-electron chi connectivity index (χ1n) is 5.52. The van der Waals surface area contributed by atoms with E-state index in [2.05, 4.69) is 22.9 Å². The van der Waals surface area contributed by atoms with Gasteiger partial charge in [0.2, 0.25) is 0 Å². The number of benzene rings is 2. The van der Waals surface area contributed by atoms with Crippen molar-refractivity contribution in [1.29, 1.82) is 0 Å². The molecule has 1 aliphatic heterocycles. The van der Waals surface area contributed by atoms with Crippen molar-refractivity contribution in [2.24, 2.45) is 0 Å². The van der Waals surface area contributed by atoms with E-state index >= 15 is 0 Å². The molecule has 2 aromatic rings. The molecule has 6 heteroatoms. The average Bonchev–Trinajstić information content (AvgIpc) is 2.41. The van der Waals surface area contributed by atoms with Crippen molar-refractivity contribution >= 4 is 74.0 Å². The molecule has 0 aliphatic carbocycles. The Kier molecular flexibility index (Phi) is 3.16. The van der Waals surface area contributed by atoms with E-state index in [0.29, 0.717) is 11.1 Å². The molecule has 0 atom stereocenters. The van der Waals surface area contributed by atoms with Gasteiger partial charge in [-0.15, -0.1) is 0 Å². The third kappa shape index (κ3) is 1.83. The molecule has 0 saturated carbocycles. The average molecular weight is 478 g/mol. The lowest BCUT2D eigenvalue weighted by Crippen LogP contribution is -2.32. The van der Waals surface area contributed by atoms with Crippen LogP contribution < -0.4 is 3.11 Å². The Morgan fingerprint density at radius 2 is 1.68 bits per heavy atom. The molecule has 2 amide bonds. The molecule has 2 aromatic carbocycles. The quantitative estimate of drug-likeness (QED) is 0.358. The molecular formula is C13H8I2N2O2. The van der Waals surface area contributed by atoms with Crippen LogP contribution in [-0.2, 0) is 0 Å². The molecule has 0 bridgehead atoms. The fourth-order valence-electron chi connectivity index (χ4n) is 2.32. The van der Waals surface area contributed by atoms with Crippen LogP contribution in [0.4, 0.5) is 5.69 Å². The lowest BCUT2D eigenvalue weighted by Gasteiger charge is -2.24. The summed E-state index contributed by atoms with van der Waals surface area (Å²) < 4.78 is 3.09. The zero-order valence-corrected chi connectivity index (χ0v) is 14.2. The number of carbonyl (C=O) groups is 2. The van der Waals surface area contributed by atoms with Crippen LogP contribution in [0.25, 0.3) is 10.8 Å². The predicted molar refractivity (Wildman–Crippen MR) is 90.9 cm³/mol. The van der Waals surface area contributed by atoms with Crippen molar-refractivity contribution in [3.63, 3.8) is 0 Å². The van der Waals surface area contributed by atoms with Crippen LogP contribution in [0.5, 0.6) is 0 Å². The molecule has 1 heterocycles. The summed E-state index contributed by atoms with van der Waals surface area (Å²) in [4.78, 5) is 24.4. The Bertz CT molecular complexity index is 706. The summed E-state index contributed by atoms with van der Waals surface area (Å²) in [6.07, 6.45) is 0. The number of nitrogens with zero attached hydrogens (tertiary/aromatic N) is 2.